The Morgan fingerprint density at radius 2 is 1.47 bits per heavy atom. The zero-order valence-electron chi connectivity index (χ0n) is 37.6. The average molecular weight is 856 g/mol. The second-order valence-corrected chi connectivity index (χ2v) is 16.7. The third-order valence-corrected chi connectivity index (χ3v) is 12.2. The minimum atomic E-state index is -0.280. The van der Waals surface area contributed by atoms with Gasteiger partial charge in [0.15, 0.2) is 0 Å². The maximum atomic E-state index is 13.4. The third kappa shape index (κ3) is 16.3. The molecule has 0 radical (unpaired) electrons. The molecule has 340 valence electrons. The van der Waals surface area contributed by atoms with E-state index in [0.717, 1.165) is 107 Å². The van der Waals surface area contributed by atoms with E-state index in [1.54, 1.807) is 0 Å². The van der Waals surface area contributed by atoms with Gasteiger partial charge in [0.2, 0.25) is 0 Å². The van der Waals surface area contributed by atoms with Gasteiger partial charge in [-0.05, 0) is 130 Å². The number of methoxy groups -OCH3 is 1. The van der Waals surface area contributed by atoms with Crippen molar-refractivity contribution in [1.82, 2.24) is 20.9 Å². The number of anilines is 1. The zero-order chi connectivity index (χ0) is 43.7. The molecule has 1 amide bonds. The van der Waals surface area contributed by atoms with Crippen LogP contribution in [0.2, 0.25) is 0 Å². The van der Waals surface area contributed by atoms with E-state index in [9.17, 15) is 9.59 Å². The largest absolute Gasteiger partial charge is 0.494 e. The number of carbonyl (C=O) groups is 2. The number of esters is 1. The van der Waals surface area contributed by atoms with Crippen LogP contribution in [-0.2, 0) is 30.3 Å². The summed E-state index contributed by atoms with van der Waals surface area (Å²) < 4.78 is 27.5. The van der Waals surface area contributed by atoms with E-state index in [1.165, 1.54) is 18.4 Å². The molecule has 3 aromatic rings. The molecule has 12 nitrogen and oxygen atoms in total. The van der Waals surface area contributed by atoms with Gasteiger partial charge < -0.3 is 45.0 Å². The molecular formula is C50H73N5O7. The number of piperidine rings is 1. The molecule has 1 saturated heterocycles. The highest BCUT2D eigenvalue weighted by atomic mass is 16.5. The van der Waals surface area contributed by atoms with Crippen LogP contribution in [0.5, 0.6) is 5.75 Å². The van der Waals surface area contributed by atoms with Crippen LogP contribution in [0.1, 0.15) is 118 Å². The second-order valence-electron chi connectivity index (χ2n) is 16.7. The van der Waals surface area contributed by atoms with Crippen LogP contribution in [-0.4, -0.2) is 88.8 Å². The number of aromatic nitrogens is 1. The van der Waals surface area contributed by atoms with Crippen LogP contribution in [0, 0.1) is 11.8 Å². The zero-order valence-corrected chi connectivity index (χ0v) is 37.6. The summed E-state index contributed by atoms with van der Waals surface area (Å²) in [5, 5.41) is 14.7. The van der Waals surface area contributed by atoms with Crippen molar-refractivity contribution in [3.8, 4) is 5.75 Å². The summed E-state index contributed by atoms with van der Waals surface area (Å²) in [5.74, 6) is 1.61. The van der Waals surface area contributed by atoms with Crippen LogP contribution < -0.4 is 26.0 Å². The van der Waals surface area contributed by atoms with E-state index in [1.807, 2.05) is 54.9 Å². The first kappa shape index (κ1) is 48.5. The molecule has 3 heterocycles. The van der Waals surface area contributed by atoms with Crippen LogP contribution >= 0.6 is 0 Å². The Kier molecular flexibility index (Phi) is 21.6. The van der Waals surface area contributed by atoms with Gasteiger partial charge in [0.1, 0.15) is 5.75 Å². The molecular weight excluding hydrogens is 783 g/mol. The fourth-order valence-electron chi connectivity index (χ4n) is 8.48. The summed E-state index contributed by atoms with van der Waals surface area (Å²) in [4.78, 5) is 28.8. The maximum Gasteiger partial charge on any atom is 0.305 e. The van der Waals surface area contributed by atoms with E-state index in [4.69, 9.17) is 18.9 Å². The number of benzene rings is 2. The first-order valence-electron chi connectivity index (χ1n) is 23.2. The molecule has 0 spiro atoms. The van der Waals surface area contributed by atoms with Crippen molar-refractivity contribution in [3.05, 3.63) is 102 Å². The van der Waals surface area contributed by atoms with Crippen LogP contribution in [0.15, 0.2) is 84.8 Å². The molecule has 12 heteroatoms. The Morgan fingerprint density at radius 1 is 0.806 bits per heavy atom. The van der Waals surface area contributed by atoms with Crippen LogP contribution in [0.4, 0.5) is 5.69 Å². The smallest absolute Gasteiger partial charge is 0.305 e. The summed E-state index contributed by atoms with van der Waals surface area (Å²) in [5.41, 5.74) is 4.84. The van der Waals surface area contributed by atoms with E-state index in [-0.39, 0.29) is 23.5 Å². The molecule has 5 rings (SSSR count). The van der Waals surface area contributed by atoms with Crippen molar-refractivity contribution in [2.45, 2.75) is 109 Å². The minimum Gasteiger partial charge on any atom is -0.494 e. The lowest BCUT2D eigenvalue weighted by molar-refractivity contribution is -0.140. The number of hydrogen-bond donors (Lipinski definition) is 4. The molecule has 2 aliphatic heterocycles. The average Bonchev–Trinajstić information content (AvgIpc) is 3.48. The van der Waals surface area contributed by atoms with Gasteiger partial charge in [0.05, 0.1) is 51.7 Å². The van der Waals surface area contributed by atoms with Crippen molar-refractivity contribution >= 4 is 17.6 Å². The summed E-state index contributed by atoms with van der Waals surface area (Å²) in [7, 11) is 1.42. The van der Waals surface area contributed by atoms with Gasteiger partial charge in [-0.1, -0.05) is 57.4 Å². The fourth-order valence-corrected chi connectivity index (χ4v) is 8.48. The van der Waals surface area contributed by atoms with Gasteiger partial charge in [-0.3, -0.25) is 14.6 Å². The quantitative estimate of drug-likeness (QED) is 0.0413. The Hall–Kier alpha value is -4.49. The first-order valence-corrected chi connectivity index (χ1v) is 23.2. The summed E-state index contributed by atoms with van der Waals surface area (Å²) in [6.45, 7) is 11.3. The highest BCUT2D eigenvalue weighted by Gasteiger charge is 2.40. The monoisotopic (exact) mass is 856 g/mol. The van der Waals surface area contributed by atoms with Crippen LogP contribution in [0.3, 0.4) is 0 Å². The second kappa shape index (κ2) is 27.5. The normalized spacial score (nSPS) is 18.5. The number of carbonyl (C=O) groups excluding carboxylic acids is 2. The molecule has 4 N–H and O–H groups in total. The van der Waals surface area contributed by atoms with Crippen molar-refractivity contribution in [1.29, 1.82) is 0 Å². The highest BCUT2D eigenvalue weighted by molar-refractivity contribution is 5.95. The fraction of sp³-hybridized carbons (Fsp3) is 0.580. The van der Waals surface area contributed by atoms with Gasteiger partial charge in [-0.15, -0.1) is 0 Å². The lowest BCUT2D eigenvalue weighted by Crippen LogP contribution is -2.52. The van der Waals surface area contributed by atoms with Gasteiger partial charge in [-0.2, -0.15) is 0 Å². The molecule has 2 aromatic carbocycles. The molecule has 3 atom stereocenters. The summed E-state index contributed by atoms with van der Waals surface area (Å²) in [6.07, 6.45) is 17.6. The number of ether oxygens (including phenoxy) is 5. The first-order chi connectivity index (χ1) is 30.4. The third-order valence-electron chi connectivity index (χ3n) is 12.2. The Bertz CT molecular complexity index is 1750. The van der Waals surface area contributed by atoms with Gasteiger partial charge in [0, 0.05) is 55.5 Å². The molecule has 2 aliphatic rings. The molecule has 1 fully saturated rings. The lowest BCUT2D eigenvalue weighted by atomic mass is 9.81. The summed E-state index contributed by atoms with van der Waals surface area (Å²) >= 11 is 0. The Balaban J connectivity index is 0.958. The van der Waals surface area contributed by atoms with Crippen molar-refractivity contribution in [2.24, 2.45) is 11.8 Å². The van der Waals surface area contributed by atoms with Crippen LogP contribution in [0.25, 0.3) is 0 Å². The standard InChI is InChI=1S/C50H73N5O7/c1-4-45-39(2)16-21-46(54-48(45)41-22-26-51-27-23-41)50(24-28-52-29-25-50)55-43-14-12-13-42(37-43)49(57)53-38-40-17-19-44(20-18-40)62-32-11-6-5-9-30-59-33-35-61-36-34-60-31-10-7-8-15-47(56)58-3/h12-14,17-23,26-27,37,39,45,48,52,54-55H,4-11,15-16,24-25,28-36,38H2,1-3H3,(H,53,57). The number of nitrogens with zero attached hydrogens (tertiary/aromatic N) is 1. The molecule has 0 saturated carbocycles. The van der Waals surface area contributed by atoms with Gasteiger partial charge in [0.25, 0.3) is 5.91 Å². The van der Waals surface area contributed by atoms with Gasteiger partial charge >= 0.3 is 5.97 Å². The number of pyridine rings is 1. The predicted octanol–water partition coefficient (Wildman–Crippen LogP) is 8.55. The predicted molar refractivity (Wildman–Crippen MR) is 245 cm³/mol. The summed E-state index contributed by atoms with van der Waals surface area (Å²) in [6, 6.07) is 20.4. The highest BCUT2D eigenvalue weighted by Crippen LogP contribution is 2.40. The number of rotatable bonds is 28. The van der Waals surface area contributed by atoms with Crippen molar-refractivity contribution < 1.29 is 33.3 Å². The van der Waals surface area contributed by atoms with E-state index < -0.39 is 0 Å². The Labute approximate surface area is 370 Å². The number of allylic oxidation sites excluding steroid dienone is 1. The van der Waals surface area contributed by atoms with E-state index in [0.29, 0.717) is 70.0 Å². The van der Waals surface area contributed by atoms with Crippen molar-refractivity contribution in [3.63, 3.8) is 0 Å². The topological polar surface area (TPSA) is 141 Å². The van der Waals surface area contributed by atoms with E-state index in [2.05, 4.69) is 69.1 Å². The molecule has 62 heavy (non-hydrogen) atoms. The number of unbranched alkanes of at least 4 members (excludes halogenated alkanes) is 5. The minimum absolute atomic E-state index is 0.102. The SMILES string of the molecule is CCC1C(C)CC=C(C2(Nc3cccc(C(=O)NCc4ccc(OCCCCCCOCCOCCOCCCCCC(=O)OC)cc4)c3)CCNCC2)NC1c1ccncc1. The number of amides is 1. The molecule has 0 aliphatic carbocycles. The maximum absolute atomic E-state index is 13.4. The molecule has 3 unspecified atom stereocenters. The lowest BCUT2D eigenvalue weighted by Gasteiger charge is -2.43. The molecule has 1 aromatic heterocycles. The van der Waals surface area contributed by atoms with E-state index >= 15 is 0 Å². The van der Waals surface area contributed by atoms with Gasteiger partial charge in [-0.25, -0.2) is 0 Å². The van der Waals surface area contributed by atoms with Crippen molar-refractivity contribution in [2.75, 3.05) is 71.8 Å². The Morgan fingerprint density at radius 3 is 2.15 bits per heavy atom. The number of nitrogens with one attached hydrogen (secondary N) is 4. The number of hydrogen-bond acceptors (Lipinski definition) is 11. The molecule has 0 bridgehead atoms.